The van der Waals surface area contributed by atoms with Crippen molar-refractivity contribution < 1.29 is 14.0 Å². The molecule has 0 bridgehead atoms. The summed E-state index contributed by atoms with van der Waals surface area (Å²) in [6, 6.07) is 13.4. The van der Waals surface area contributed by atoms with Gasteiger partial charge in [0, 0.05) is 11.4 Å². The molecule has 1 saturated heterocycles. The molecule has 1 aliphatic rings. The van der Waals surface area contributed by atoms with Crippen LogP contribution in [0.4, 0.5) is 10.1 Å². The van der Waals surface area contributed by atoms with Gasteiger partial charge in [0.25, 0.3) is 0 Å². The van der Waals surface area contributed by atoms with Crippen LogP contribution in [0.1, 0.15) is 24.5 Å². The normalized spacial score (nSPS) is 19.4. The van der Waals surface area contributed by atoms with Crippen LogP contribution in [0.3, 0.4) is 0 Å². The number of hydrogen-bond donors (Lipinski definition) is 2. The predicted molar refractivity (Wildman–Crippen MR) is 107 cm³/mol. The molecule has 2 amide bonds. The van der Waals surface area contributed by atoms with E-state index in [-0.39, 0.29) is 22.9 Å². The van der Waals surface area contributed by atoms with Gasteiger partial charge < -0.3 is 10.6 Å². The standard InChI is InChI=1S/C21H23FN2O2S/c1-2-3-14-6-10-17(11-7-14)23-20(25)18-13-27-19(21(26)24-18)12-15-4-8-16(22)9-5-15/h4-11,18-19H,2-3,12-13H2,1H3,(H,23,25)(H,24,26). The average molecular weight is 386 g/mol. The number of carbonyl (C=O) groups is 2. The van der Waals surface area contributed by atoms with E-state index in [0.717, 1.165) is 24.1 Å². The molecule has 0 saturated carbocycles. The number of nitrogens with one attached hydrogen (secondary N) is 2. The molecule has 1 aliphatic heterocycles. The predicted octanol–water partition coefficient (Wildman–Crippen LogP) is 3.56. The van der Waals surface area contributed by atoms with Crippen molar-refractivity contribution in [1.29, 1.82) is 0 Å². The lowest BCUT2D eigenvalue weighted by Crippen LogP contribution is -2.52. The Hall–Kier alpha value is -2.34. The fourth-order valence-electron chi connectivity index (χ4n) is 2.99. The maximum atomic E-state index is 13.0. The van der Waals surface area contributed by atoms with E-state index >= 15 is 0 Å². The van der Waals surface area contributed by atoms with Crippen molar-refractivity contribution in [1.82, 2.24) is 5.32 Å². The number of halogens is 1. The molecule has 2 aromatic rings. The molecule has 6 heteroatoms. The zero-order chi connectivity index (χ0) is 19.2. The number of hydrogen-bond acceptors (Lipinski definition) is 3. The summed E-state index contributed by atoms with van der Waals surface area (Å²) in [6.45, 7) is 2.13. The number of amides is 2. The van der Waals surface area contributed by atoms with Crippen LogP contribution in [0.25, 0.3) is 0 Å². The Morgan fingerprint density at radius 2 is 1.81 bits per heavy atom. The van der Waals surface area contributed by atoms with Crippen molar-refractivity contribution in [2.75, 3.05) is 11.1 Å². The second-order valence-electron chi connectivity index (χ2n) is 6.65. The third-order valence-electron chi connectivity index (χ3n) is 4.48. The quantitative estimate of drug-likeness (QED) is 0.798. The highest BCUT2D eigenvalue weighted by Crippen LogP contribution is 2.23. The molecule has 2 aromatic carbocycles. The van der Waals surface area contributed by atoms with Gasteiger partial charge in [-0.2, -0.15) is 0 Å². The summed E-state index contributed by atoms with van der Waals surface area (Å²) in [5.41, 5.74) is 2.87. The lowest BCUT2D eigenvalue weighted by Gasteiger charge is -2.28. The first-order valence-corrected chi connectivity index (χ1v) is 10.2. The molecule has 0 radical (unpaired) electrons. The van der Waals surface area contributed by atoms with Crippen LogP contribution in [-0.2, 0) is 22.4 Å². The molecule has 3 rings (SSSR count). The van der Waals surface area contributed by atoms with Crippen LogP contribution in [0.5, 0.6) is 0 Å². The summed E-state index contributed by atoms with van der Waals surface area (Å²) in [7, 11) is 0. The molecule has 1 heterocycles. The zero-order valence-electron chi connectivity index (χ0n) is 15.2. The van der Waals surface area contributed by atoms with E-state index in [1.54, 1.807) is 12.1 Å². The molecule has 1 fully saturated rings. The van der Waals surface area contributed by atoms with E-state index in [4.69, 9.17) is 0 Å². The molecular weight excluding hydrogens is 363 g/mol. The minimum Gasteiger partial charge on any atom is -0.343 e. The van der Waals surface area contributed by atoms with E-state index < -0.39 is 6.04 Å². The Balaban J connectivity index is 1.53. The molecule has 0 aromatic heterocycles. The van der Waals surface area contributed by atoms with E-state index in [1.807, 2.05) is 24.3 Å². The van der Waals surface area contributed by atoms with Gasteiger partial charge in [0.1, 0.15) is 11.9 Å². The minimum atomic E-state index is -0.553. The summed E-state index contributed by atoms with van der Waals surface area (Å²) in [5.74, 6) is -0.149. The monoisotopic (exact) mass is 386 g/mol. The summed E-state index contributed by atoms with van der Waals surface area (Å²) in [5, 5.41) is 5.40. The lowest BCUT2D eigenvalue weighted by atomic mass is 10.1. The van der Waals surface area contributed by atoms with Crippen molar-refractivity contribution in [3.63, 3.8) is 0 Å². The SMILES string of the molecule is CCCc1ccc(NC(=O)C2CSC(Cc3ccc(F)cc3)C(=O)N2)cc1. The van der Waals surface area contributed by atoms with Crippen LogP contribution >= 0.6 is 11.8 Å². The van der Waals surface area contributed by atoms with Crippen molar-refractivity contribution in [2.24, 2.45) is 0 Å². The fraction of sp³-hybridized carbons (Fsp3) is 0.333. The highest BCUT2D eigenvalue weighted by atomic mass is 32.2. The van der Waals surface area contributed by atoms with Crippen LogP contribution < -0.4 is 10.6 Å². The summed E-state index contributed by atoms with van der Waals surface area (Å²) < 4.78 is 13.0. The maximum Gasteiger partial charge on any atom is 0.247 e. The van der Waals surface area contributed by atoms with Gasteiger partial charge in [0.15, 0.2) is 0 Å². The first-order chi connectivity index (χ1) is 13.0. The Morgan fingerprint density at radius 3 is 2.44 bits per heavy atom. The van der Waals surface area contributed by atoms with Crippen LogP contribution in [0.2, 0.25) is 0 Å². The van der Waals surface area contributed by atoms with Gasteiger partial charge in [-0.25, -0.2) is 4.39 Å². The fourth-order valence-corrected chi connectivity index (χ4v) is 4.18. The summed E-state index contributed by atoms with van der Waals surface area (Å²) in [4.78, 5) is 24.8. The maximum absolute atomic E-state index is 13.0. The molecule has 2 N–H and O–H groups in total. The number of rotatable bonds is 6. The highest BCUT2D eigenvalue weighted by Gasteiger charge is 2.32. The topological polar surface area (TPSA) is 58.2 Å². The van der Waals surface area contributed by atoms with Gasteiger partial charge in [0.2, 0.25) is 11.8 Å². The van der Waals surface area contributed by atoms with Gasteiger partial charge in [-0.05, 0) is 48.2 Å². The number of benzene rings is 2. The van der Waals surface area contributed by atoms with E-state index in [0.29, 0.717) is 12.2 Å². The van der Waals surface area contributed by atoms with E-state index in [1.165, 1.54) is 29.5 Å². The first-order valence-electron chi connectivity index (χ1n) is 9.11. The van der Waals surface area contributed by atoms with Gasteiger partial charge in [0.05, 0.1) is 5.25 Å². The van der Waals surface area contributed by atoms with Crippen molar-refractivity contribution in [3.05, 3.63) is 65.5 Å². The van der Waals surface area contributed by atoms with Gasteiger partial charge >= 0.3 is 0 Å². The molecule has 2 unspecified atom stereocenters. The van der Waals surface area contributed by atoms with Gasteiger partial charge in [-0.1, -0.05) is 37.6 Å². The zero-order valence-corrected chi connectivity index (χ0v) is 16.0. The first kappa shape index (κ1) is 19.4. The minimum absolute atomic E-state index is 0.158. The molecule has 27 heavy (non-hydrogen) atoms. The Morgan fingerprint density at radius 1 is 1.15 bits per heavy atom. The van der Waals surface area contributed by atoms with E-state index in [9.17, 15) is 14.0 Å². The molecular formula is C21H23FN2O2S. The molecule has 0 aliphatic carbocycles. The molecule has 0 spiro atoms. The van der Waals surface area contributed by atoms with E-state index in [2.05, 4.69) is 17.6 Å². The van der Waals surface area contributed by atoms with Crippen molar-refractivity contribution in [2.45, 2.75) is 37.5 Å². The Labute approximate surface area is 162 Å². The molecule has 4 nitrogen and oxygen atoms in total. The Bertz CT molecular complexity index is 793. The van der Waals surface area contributed by atoms with Crippen molar-refractivity contribution >= 4 is 29.3 Å². The summed E-state index contributed by atoms with van der Waals surface area (Å²) in [6.07, 6.45) is 2.61. The Kier molecular flexibility index (Phi) is 6.50. The number of thioether (sulfide) groups is 1. The van der Waals surface area contributed by atoms with Crippen LogP contribution in [-0.4, -0.2) is 28.9 Å². The number of carbonyl (C=O) groups excluding carboxylic acids is 2. The smallest absolute Gasteiger partial charge is 0.247 e. The lowest BCUT2D eigenvalue weighted by molar-refractivity contribution is -0.126. The highest BCUT2D eigenvalue weighted by molar-refractivity contribution is 8.00. The van der Waals surface area contributed by atoms with Gasteiger partial charge in [-0.3, -0.25) is 9.59 Å². The van der Waals surface area contributed by atoms with Crippen LogP contribution in [0.15, 0.2) is 48.5 Å². The third kappa shape index (κ3) is 5.32. The second-order valence-corrected chi connectivity index (χ2v) is 7.89. The molecule has 142 valence electrons. The van der Waals surface area contributed by atoms with Crippen LogP contribution in [0, 0.1) is 5.82 Å². The summed E-state index contributed by atoms with van der Waals surface area (Å²) >= 11 is 1.46. The average Bonchev–Trinajstić information content (AvgIpc) is 2.67. The second kappa shape index (κ2) is 9.04. The largest absolute Gasteiger partial charge is 0.343 e. The molecule has 2 atom stereocenters. The number of anilines is 1. The van der Waals surface area contributed by atoms with Gasteiger partial charge in [-0.15, -0.1) is 11.8 Å². The number of aryl methyl sites for hydroxylation is 1. The third-order valence-corrected chi connectivity index (χ3v) is 5.79. The van der Waals surface area contributed by atoms with Crippen molar-refractivity contribution in [3.8, 4) is 0 Å².